The topological polar surface area (TPSA) is 127 Å². The molecule has 6 rings (SSSR count). The molecule has 10 nitrogen and oxygen atoms in total. The summed E-state index contributed by atoms with van der Waals surface area (Å²) in [4.78, 5) is 26.3. The number of nitrogens with zero attached hydrogens (tertiary/aromatic N) is 6. The van der Waals surface area contributed by atoms with Gasteiger partial charge in [-0.25, -0.2) is 37.0 Å². The molecule has 43 heavy (non-hydrogen) atoms. The van der Waals surface area contributed by atoms with Crippen molar-refractivity contribution in [3.8, 4) is 5.95 Å². The summed E-state index contributed by atoms with van der Waals surface area (Å²) in [6.07, 6.45) is 5.95. The Balaban J connectivity index is 1.20. The van der Waals surface area contributed by atoms with Gasteiger partial charge in [0.15, 0.2) is 5.82 Å². The Labute approximate surface area is 248 Å². The van der Waals surface area contributed by atoms with Gasteiger partial charge in [-0.3, -0.25) is 9.69 Å². The number of sulfonamides is 1. The van der Waals surface area contributed by atoms with Crippen LogP contribution < -0.4 is 5.14 Å². The molecule has 2 fully saturated rings. The molecule has 0 bridgehead atoms. The number of aromatic nitrogens is 4. The van der Waals surface area contributed by atoms with Crippen molar-refractivity contribution in [2.75, 3.05) is 26.2 Å². The lowest BCUT2D eigenvalue weighted by Crippen LogP contribution is -2.34. The van der Waals surface area contributed by atoms with Crippen LogP contribution in [0.2, 0.25) is 0 Å². The lowest BCUT2D eigenvalue weighted by atomic mass is 9.90. The zero-order valence-electron chi connectivity index (χ0n) is 23.3. The Hall–Kier alpha value is -4.07. The number of likely N-dealkylation sites (tertiary alicyclic amines) is 2. The molecule has 1 amide bonds. The summed E-state index contributed by atoms with van der Waals surface area (Å²) in [5.74, 6) is -0.704. The normalized spacial score (nSPS) is 18.3. The lowest BCUT2D eigenvalue weighted by Gasteiger charge is -2.32. The fourth-order valence-electron chi connectivity index (χ4n) is 6.02. The third-order valence-electron chi connectivity index (χ3n) is 8.28. The number of primary sulfonamides is 1. The zero-order valence-corrected chi connectivity index (χ0v) is 24.1. The van der Waals surface area contributed by atoms with Gasteiger partial charge in [-0.1, -0.05) is 24.3 Å². The largest absolute Gasteiger partial charge is 0.338 e. The fourth-order valence-corrected chi connectivity index (χ4v) is 6.53. The summed E-state index contributed by atoms with van der Waals surface area (Å²) in [5.41, 5.74) is 3.15. The van der Waals surface area contributed by atoms with E-state index in [-0.39, 0.29) is 34.4 Å². The van der Waals surface area contributed by atoms with E-state index < -0.39 is 15.8 Å². The second-order valence-electron chi connectivity index (χ2n) is 11.1. The lowest BCUT2D eigenvalue weighted by molar-refractivity contribution is 0.0788. The molecular formula is C30H31F2N7O3S. The number of carbonyl (C=O) groups is 1. The summed E-state index contributed by atoms with van der Waals surface area (Å²) < 4.78 is 51.8. The highest BCUT2D eigenvalue weighted by atomic mass is 32.2. The van der Waals surface area contributed by atoms with E-state index in [1.54, 1.807) is 35.1 Å². The van der Waals surface area contributed by atoms with Gasteiger partial charge in [0.05, 0.1) is 34.7 Å². The Morgan fingerprint density at radius 3 is 2.16 bits per heavy atom. The van der Waals surface area contributed by atoms with Gasteiger partial charge < -0.3 is 4.90 Å². The van der Waals surface area contributed by atoms with Crippen LogP contribution in [0.4, 0.5) is 8.78 Å². The predicted molar refractivity (Wildman–Crippen MR) is 154 cm³/mol. The number of nitrogens with two attached hydrogens (primary N) is 1. The second kappa shape index (κ2) is 11.9. The molecule has 0 aliphatic carbocycles. The van der Waals surface area contributed by atoms with Crippen molar-refractivity contribution in [3.05, 3.63) is 101 Å². The maximum atomic E-state index is 13.9. The molecule has 4 aromatic rings. The Morgan fingerprint density at radius 2 is 1.51 bits per heavy atom. The Kier molecular flexibility index (Phi) is 8.03. The fraction of sp³-hybridized carbons (Fsp3) is 0.333. The van der Waals surface area contributed by atoms with Crippen LogP contribution in [-0.4, -0.2) is 70.1 Å². The zero-order chi connectivity index (χ0) is 30.1. The van der Waals surface area contributed by atoms with Gasteiger partial charge in [-0.15, -0.1) is 0 Å². The van der Waals surface area contributed by atoms with E-state index in [2.05, 4.69) is 20.0 Å². The van der Waals surface area contributed by atoms with Crippen LogP contribution in [0.15, 0.2) is 72.0 Å². The monoisotopic (exact) mass is 607 g/mol. The minimum absolute atomic E-state index is 0.0217. The molecule has 0 radical (unpaired) electrons. The minimum Gasteiger partial charge on any atom is -0.338 e. The van der Waals surface area contributed by atoms with Gasteiger partial charge in [0.2, 0.25) is 10.0 Å². The third-order valence-corrected chi connectivity index (χ3v) is 9.21. The molecule has 2 aromatic heterocycles. The average Bonchev–Trinajstić information content (AvgIpc) is 3.67. The van der Waals surface area contributed by atoms with E-state index in [1.165, 1.54) is 24.3 Å². The van der Waals surface area contributed by atoms with E-state index in [0.717, 1.165) is 55.9 Å². The molecule has 0 unspecified atom stereocenters. The van der Waals surface area contributed by atoms with Crippen LogP contribution in [0.3, 0.4) is 0 Å². The molecule has 13 heteroatoms. The number of halogens is 2. The van der Waals surface area contributed by atoms with Gasteiger partial charge in [0.1, 0.15) is 5.82 Å². The molecule has 0 spiro atoms. The van der Waals surface area contributed by atoms with E-state index in [9.17, 15) is 22.0 Å². The summed E-state index contributed by atoms with van der Waals surface area (Å²) in [5, 5.41) is 9.71. The van der Waals surface area contributed by atoms with Gasteiger partial charge in [0, 0.05) is 31.5 Å². The number of piperidine rings is 1. The standard InChI is InChI=1S/C30H31F2N7O3S/c31-24-5-3-21(4-6-24)23-11-14-38(19-23)29(40)27-17-36-39(30-34-15-25(32)16-35-30)28(27)22-9-12-37(13-10-22)18-20-1-7-26(8-2-20)43(33,41)42/h1-8,15-17,22-23H,9-14,18-19H2,(H2,33,41,42)/t23-/m0/s1. The first-order chi connectivity index (χ1) is 20.7. The third kappa shape index (κ3) is 6.33. The maximum absolute atomic E-state index is 13.9. The second-order valence-corrected chi connectivity index (χ2v) is 12.6. The first-order valence-electron chi connectivity index (χ1n) is 14.1. The number of amides is 1. The maximum Gasteiger partial charge on any atom is 0.257 e. The van der Waals surface area contributed by atoms with E-state index >= 15 is 0 Å². The first-order valence-corrected chi connectivity index (χ1v) is 15.6. The van der Waals surface area contributed by atoms with Crippen LogP contribution in [-0.2, 0) is 16.6 Å². The van der Waals surface area contributed by atoms with Crippen molar-refractivity contribution in [3.63, 3.8) is 0 Å². The van der Waals surface area contributed by atoms with Crippen LogP contribution in [0, 0.1) is 11.6 Å². The number of carbonyl (C=O) groups excluding carboxylic acids is 1. The molecule has 224 valence electrons. The molecule has 2 N–H and O–H groups in total. The molecule has 0 saturated carbocycles. The number of benzene rings is 2. The SMILES string of the molecule is NS(=O)(=O)c1ccc(CN2CCC(c3c(C(=O)N4CC[C@H](c5ccc(F)cc5)C4)cnn3-c3ncc(F)cn3)CC2)cc1. The van der Waals surface area contributed by atoms with Crippen LogP contribution >= 0.6 is 0 Å². The molecular weight excluding hydrogens is 576 g/mol. The molecule has 2 aliphatic heterocycles. The van der Waals surface area contributed by atoms with Crippen molar-refractivity contribution < 1.29 is 22.0 Å². The molecule has 1 atom stereocenters. The Morgan fingerprint density at radius 1 is 0.860 bits per heavy atom. The van der Waals surface area contributed by atoms with Crippen LogP contribution in [0.1, 0.15) is 58.3 Å². The van der Waals surface area contributed by atoms with E-state index in [1.807, 2.05) is 4.90 Å². The van der Waals surface area contributed by atoms with Gasteiger partial charge in [0.25, 0.3) is 11.9 Å². The van der Waals surface area contributed by atoms with Gasteiger partial charge in [-0.2, -0.15) is 5.10 Å². The van der Waals surface area contributed by atoms with Crippen molar-refractivity contribution in [2.45, 2.75) is 42.5 Å². The molecule has 4 heterocycles. The summed E-state index contributed by atoms with van der Waals surface area (Å²) >= 11 is 0. The number of rotatable bonds is 7. The van der Waals surface area contributed by atoms with Crippen LogP contribution in [0.5, 0.6) is 0 Å². The van der Waals surface area contributed by atoms with E-state index in [4.69, 9.17) is 5.14 Å². The highest BCUT2D eigenvalue weighted by molar-refractivity contribution is 7.89. The predicted octanol–water partition coefficient (Wildman–Crippen LogP) is 3.60. The molecule has 2 saturated heterocycles. The average molecular weight is 608 g/mol. The number of hydrogen-bond acceptors (Lipinski definition) is 7. The van der Waals surface area contributed by atoms with Crippen molar-refractivity contribution in [1.82, 2.24) is 29.5 Å². The molecule has 2 aliphatic rings. The van der Waals surface area contributed by atoms with Gasteiger partial charge >= 0.3 is 0 Å². The summed E-state index contributed by atoms with van der Waals surface area (Å²) in [7, 11) is -3.75. The smallest absolute Gasteiger partial charge is 0.257 e. The quantitative estimate of drug-likeness (QED) is 0.340. The minimum atomic E-state index is -3.75. The highest BCUT2D eigenvalue weighted by Gasteiger charge is 2.34. The summed E-state index contributed by atoms with van der Waals surface area (Å²) in [6, 6.07) is 13.0. The molecule has 2 aromatic carbocycles. The summed E-state index contributed by atoms with van der Waals surface area (Å²) in [6.45, 7) is 3.20. The Bertz CT molecular complexity index is 1700. The first kappa shape index (κ1) is 29.0. The van der Waals surface area contributed by atoms with Crippen LogP contribution in [0.25, 0.3) is 5.95 Å². The highest BCUT2D eigenvalue weighted by Crippen LogP contribution is 2.34. The number of hydrogen-bond donors (Lipinski definition) is 1. The van der Waals surface area contributed by atoms with Crippen molar-refractivity contribution in [2.24, 2.45) is 5.14 Å². The van der Waals surface area contributed by atoms with E-state index in [0.29, 0.717) is 30.9 Å². The van der Waals surface area contributed by atoms with Crippen molar-refractivity contribution >= 4 is 15.9 Å². The van der Waals surface area contributed by atoms with Gasteiger partial charge in [-0.05, 0) is 67.7 Å². The van der Waals surface area contributed by atoms with Crippen molar-refractivity contribution in [1.29, 1.82) is 0 Å².